The highest BCUT2D eigenvalue weighted by Gasteiger charge is 2.03. The van der Waals surface area contributed by atoms with Crippen LogP contribution in [0.15, 0.2) is 40.9 Å². The zero-order valence-electron chi connectivity index (χ0n) is 11.2. The zero-order valence-corrected chi connectivity index (χ0v) is 12.8. The summed E-state index contributed by atoms with van der Waals surface area (Å²) in [6.07, 6.45) is 0. The predicted octanol–water partition coefficient (Wildman–Crippen LogP) is 3.67. The van der Waals surface area contributed by atoms with Gasteiger partial charge < -0.3 is 10.1 Å². The molecule has 0 unspecified atom stereocenters. The molecule has 0 amide bonds. The lowest BCUT2D eigenvalue weighted by molar-refractivity contribution is 0.300. The summed E-state index contributed by atoms with van der Waals surface area (Å²) in [4.78, 5) is 4.49. The molecule has 106 valence electrons. The summed E-state index contributed by atoms with van der Waals surface area (Å²) in [6.45, 7) is 4.07. The van der Waals surface area contributed by atoms with Crippen molar-refractivity contribution >= 4 is 15.9 Å². The number of ether oxygens (including phenoxy) is 1. The molecular formula is C15H16BrFN2O. The summed E-state index contributed by atoms with van der Waals surface area (Å²) in [5, 5.41) is 3.23. The summed E-state index contributed by atoms with van der Waals surface area (Å²) >= 11 is 3.13. The molecule has 0 spiro atoms. The molecule has 5 heteroatoms. The third kappa shape index (κ3) is 4.28. The molecule has 20 heavy (non-hydrogen) atoms. The second-order valence-corrected chi connectivity index (χ2v) is 5.12. The average Bonchev–Trinajstić information content (AvgIpc) is 2.47. The summed E-state index contributed by atoms with van der Waals surface area (Å²) < 4.78 is 19.1. The van der Waals surface area contributed by atoms with Crippen LogP contribution >= 0.6 is 15.9 Å². The van der Waals surface area contributed by atoms with E-state index in [1.807, 2.05) is 18.2 Å². The number of aromatic nitrogens is 1. The van der Waals surface area contributed by atoms with E-state index in [-0.39, 0.29) is 5.82 Å². The standard InChI is InChI=1S/C15H16BrFN2O/c1-2-18-9-11-4-3-5-12(19-11)10-20-13-6-7-15(17)14(16)8-13/h3-8,18H,2,9-10H2,1H3. The Kier molecular flexibility index (Phi) is 5.49. The van der Waals surface area contributed by atoms with Gasteiger partial charge in [-0.1, -0.05) is 13.0 Å². The van der Waals surface area contributed by atoms with Crippen LogP contribution in [0.25, 0.3) is 0 Å². The van der Waals surface area contributed by atoms with Gasteiger partial charge in [-0.2, -0.15) is 0 Å². The van der Waals surface area contributed by atoms with Crippen molar-refractivity contribution in [3.63, 3.8) is 0 Å². The maximum absolute atomic E-state index is 13.1. The third-order valence-corrected chi connectivity index (χ3v) is 3.31. The van der Waals surface area contributed by atoms with Crippen molar-refractivity contribution in [1.82, 2.24) is 10.3 Å². The Hall–Kier alpha value is -1.46. The van der Waals surface area contributed by atoms with Gasteiger partial charge in [-0.15, -0.1) is 0 Å². The summed E-state index contributed by atoms with van der Waals surface area (Å²) in [5.74, 6) is 0.306. The van der Waals surface area contributed by atoms with Crippen LogP contribution in [-0.2, 0) is 13.2 Å². The van der Waals surface area contributed by atoms with E-state index >= 15 is 0 Å². The number of hydrogen-bond acceptors (Lipinski definition) is 3. The van der Waals surface area contributed by atoms with Gasteiger partial charge >= 0.3 is 0 Å². The van der Waals surface area contributed by atoms with Gasteiger partial charge in [-0.05, 0) is 52.8 Å². The highest BCUT2D eigenvalue weighted by molar-refractivity contribution is 9.10. The van der Waals surface area contributed by atoms with Crippen LogP contribution in [0.2, 0.25) is 0 Å². The molecule has 0 bridgehead atoms. The Labute approximate surface area is 126 Å². The Morgan fingerprint density at radius 3 is 2.80 bits per heavy atom. The molecule has 0 atom stereocenters. The minimum atomic E-state index is -0.303. The van der Waals surface area contributed by atoms with Crippen LogP contribution < -0.4 is 10.1 Å². The van der Waals surface area contributed by atoms with E-state index in [2.05, 4.69) is 33.2 Å². The fraction of sp³-hybridized carbons (Fsp3) is 0.267. The van der Waals surface area contributed by atoms with Crippen LogP contribution in [-0.4, -0.2) is 11.5 Å². The molecule has 0 aliphatic rings. The number of rotatable bonds is 6. The lowest BCUT2D eigenvalue weighted by Crippen LogP contribution is -2.13. The largest absolute Gasteiger partial charge is 0.487 e. The van der Waals surface area contributed by atoms with Gasteiger partial charge in [0.2, 0.25) is 0 Å². The SMILES string of the molecule is CCNCc1cccc(COc2ccc(F)c(Br)c2)n1. The van der Waals surface area contributed by atoms with E-state index in [0.29, 0.717) is 16.8 Å². The molecule has 3 nitrogen and oxygen atoms in total. The van der Waals surface area contributed by atoms with Gasteiger partial charge in [0, 0.05) is 6.54 Å². The van der Waals surface area contributed by atoms with Gasteiger partial charge in [0.15, 0.2) is 0 Å². The van der Waals surface area contributed by atoms with Crippen LogP contribution in [0, 0.1) is 5.82 Å². The third-order valence-electron chi connectivity index (χ3n) is 2.70. The summed E-state index contributed by atoms with van der Waals surface area (Å²) in [5.41, 5.74) is 1.83. The van der Waals surface area contributed by atoms with Crippen molar-refractivity contribution in [3.8, 4) is 5.75 Å². The molecule has 1 heterocycles. The quantitative estimate of drug-likeness (QED) is 0.872. The minimum Gasteiger partial charge on any atom is -0.487 e. The average molecular weight is 339 g/mol. The normalized spacial score (nSPS) is 10.6. The molecule has 0 aliphatic carbocycles. The van der Waals surface area contributed by atoms with E-state index in [9.17, 15) is 4.39 Å². The summed E-state index contributed by atoms with van der Waals surface area (Å²) in [7, 11) is 0. The molecule has 2 aromatic rings. The molecule has 0 fully saturated rings. The van der Waals surface area contributed by atoms with E-state index in [4.69, 9.17) is 4.74 Å². The van der Waals surface area contributed by atoms with Crippen molar-refractivity contribution in [2.75, 3.05) is 6.54 Å². The lowest BCUT2D eigenvalue weighted by Gasteiger charge is -2.08. The first-order chi connectivity index (χ1) is 9.69. The second-order valence-electron chi connectivity index (χ2n) is 4.27. The van der Waals surface area contributed by atoms with Crippen molar-refractivity contribution in [1.29, 1.82) is 0 Å². The monoisotopic (exact) mass is 338 g/mol. The number of benzene rings is 1. The number of pyridine rings is 1. The van der Waals surface area contributed by atoms with Crippen LogP contribution in [0.4, 0.5) is 4.39 Å². The highest BCUT2D eigenvalue weighted by Crippen LogP contribution is 2.22. The molecule has 0 aliphatic heterocycles. The molecule has 1 aromatic carbocycles. The number of nitrogens with one attached hydrogen (secondary N) is 1. The molecule has 0 saturated heterocycles. The summed E-state index contributed by atoms with van der Waals surface area (Å²) in [6, 6.07) is 10.4. The molecule has 0 saturated carbocycles. The smallest absolute Gasteiger partial charge is 0.137 e. The van der Waals surface area contributed by atoms with Gasteiger partial charge in [0.05, 0.1) is 15.9 Å². The molecule has 1 N–H and O–H groups in total. The Morgan fingerprint density at radius 1 is 1.25 bits per heavy atom. The van der Waals surface area contributed by atoms with Gasteiger partial charge in [-0.25, -0.2) is 4.39 Å². The van der Waals surface area contributed by atoms with E-state index < -0.39 is 0 Å². The van der Waals surface area contributed by atoms with Gasteiger partial charge in [0.25, 0.3) is 0 Å². The van der Waals surface area contributed by atoms with Crippen molar-refractivity contribution in [3.05, 3.63) is 58.1 Å². The van der Waals surface area contributed by atoms with Crippen molar-refractivity contribution < 1.29 is 9.13 Å². The number of hydrogen-bond donors (Lipinski definition) is 1. The Balaban J connectivity index is 1.97. The van der Waals surface area contributed by atoms with Crippen LogP contribution in [0.5, 0.6) is 5.75 Å². The van der Waals surface area contributed by atoms with Gasteiger partial charge in [0.1, 0.15) is 18.2 Å². The van der Waals surface area contributed by atoms with Crippen LogP contribution in [0.3, 0.4) is 0 Å². The zero-order chi connectivity index (χ0) is 14.4. The number of nitrogens with zero attached hydrogens (tertiary/aromatic N) is 1. The van der Waals surface area contributed by atoms with Gasteiger partial charge in [-0.3, -0.25) is 4.98 Å². The molecular weight excluding hydrogens is 323 g/mol. The van der Waals surface area contributed by atoms with Crippen molar-refractivity contribution in [2.45, 2.75) is 20.1 Å². The second kappa shape index (κ2) is 7.36. The van der Waals surface area contributed by atoms with E-state index in [1.54, 1.807) is 12.1 Å². The van der Waals surface area contributed by atoms with E-state index in [1.165, 1.54) is 6.07 Å². The molecule has 2 rings (SSSR count). The topological polar surface area (TPSA) is 34.1 Å². The first-order valence-corrected chi connectivity index (χ1v) is 7.21. The highest BCUT2D eigenvalue weighted by atomic mass is 79.9. The fourth-order valence-corrected chi connectivity index (χ4v) is 2.04. The maximum atomic E-state index is 13.1. The van der Waals surface area contributed by atoms with Crippen LogP contribution in [0.1, 0.15) is 18.3 Å². The van der Waals surface area contributed by atoms with E-state index in [0.717, 1.165) is 24.5 Å². The minimum absolute atomic E-state index is 0.303. The Morgan fingerprint density at radius 2 is 2.05 bits per heavy atom. The van der Waals surface area contributed by atoms with Crippen molar-refractivity contribution in [2.24, 2.45) is 0 Å². The lowest BCUT2D eigenvalue weighted by atomic mass is 10.3. The predicted molar refractivity (Wildman–Crippen MR) is 80.0 cm³/mol. The molecule has 1 aromatic heterocycles. The molecule has 0 radical (unpaired) electrons. The first-order valence-electron chi connectivity index (χ1n) is 6.42. The number of halogens is 2. The Bertz CT molecular complexity index is 578. The fourth-order valence-electron chi connectivity index (χ4n) is 1.69. The maximum Gasteiger partial charge on any atom is 0.137 e. The first kappa shape index (κ1) is 14.9.